The molecule has 0 bridgehead atoms. The van der Waals surface area contributed by atoms with Crippen molar-refractivity contribution in [3.05, 3.63) is 83.4 Å². The zero-order valence-electron chi connectivity index (χ0n) is 23.2. The Morgan fingerprint density at radius 3 is 2.03 bits per heavy atom. The van der Waals surface area contributed by atoms with Gasteiger partial charge in [-0.05, 0) is 66.2 Å². The topological polar surface area (TPSA) is 40.6 Å². The fourth-order valence-electron chi connectivity index (χ4n) is 7.26. The summed E-state index contributed by atoms with van der Waals surface area (Å²) in [6.45, 7) is 11.1. The second-order valence-electron chi connectivity index (χ2n) is 12.3. The Balaban J connectivity index is 0.000000155. The second kappa shape index (κ2) is 12.5. The first kappa shape index (κ1) is 27.0. The number of fused-ring (bicyclic) bond motifs is 2. The molecule has 202 valence electrons. The van der Waals surface area contributed by atoms with Crippen LogP contribution < -0.4 is 0 Å². The maximum Gasteiger partial charge on any atom is 0.155 e. The summed E-state index contributed by atoms with van der Waals surface area (Å²) >= 11 is 0. The lowest BCUT2D eigenvalue weighted by molar-refractivity contribution is -0.126. The van der Waals surface area contributed by atoms with Crippen LogP contribution in [0.3, 0.4) is 0 Å². The highest BCUT2D eigenvalue weighted by Crippen LogP contribution is 2.39. The zero-order valence-corrected chi connectivity index (χ0v) is 23.2. The lowest BCUT2D eigenvalue weighted by Crippen LogP contribution is -2.46. The van der Waals surface area contributed by atoms with Crippen LogP contribution >= 0.6 is 0 Å². The van der Waals surface area contributed by atoms with E-state index in [9.17, 15) is 9.59 Å². The minimum absolute atomic E-state index is 0.329. The molecular formula is C34H44N2O2. The van der Waals surface area contributed by atoms with Gasteiger partial charge in [0.1, 0.15) is 5.78 Å². The van der Waals surface area contributed by atoms with Gasteiger partial charge in [-0.25, -0.2) is 0 Å². The first-order valence-electron chi connectivity index (χ1n) is 14.7. The van der Waals surface area contributed by atoms with E-state index in [0.29, 0.717) is 35.2 Å². The summed E-state index contributed by atoms with van der Waals surface area (Å²) in [6.07, 6.45) is 6.56. The number of rotatable bonds is 4. The van der Waals surface area contributed by atoms with Gasteiger partial charge < -0.3 is 0 Å². The number of Topliss-reactive ketones (excluding diaryl/α,β-unsaturated/α-hetero) is 1. The van der Waals surface area contributed by atoms with E-state index in [2.05, 4.69) is 84.3 Å². The Bertz CT molecular complexity index is 1110. The molecule has 2 heterocycles. The van der Waals surface area contributed by atoms with E-state index in [1.54, 1.807) is 0 Å². The van der Waals surface area contributed by atoms with Gasteiger partial charge in [-0.3, -0.25) is 19.4 Å². The van der Waals surface area contributed by atoms with Crippen LogP contribution in [0.5, 0.6) is 0 Å². The number of carbonyl (C=O) groups is 2. The number of likely N-dealkylation sites (tertiary alicyclic amines) is 2. The molecule has 4 aliphatic rings. The lowest BCUT2D eigenvalue weighted by Gasteiger charge is -2.44. The normalized spacial score (nSPS) is 29.9. The van der Waals surface area contributed by atoms with Gasteiger partial charge in [-0.15, -0.1) is 0 Å². The molecule has 38 heavy (non-hydrogen) atoms. The van der Waals surface area contributed by atoms with Crippen LogP contribution in [0.2, 0.25) is 0 Å². The van der Waals surface area contributed by atoms with Crippen LogP contribution in [0, 0.1) is 29.6 Å². The molecule has 5 atom stereocenters. The summed E-state index contributed by atoms with van der Waals surface area (Å²) in [5.74, 6) is 3.88. The van der Waals surface area contributed by atoms with Crippen molar-refractivity contribution in [1.82, 2.24) is 9.80 Å². The Morgan fingerprint density at radius 1 is 0.737 bits per heavy atom. The second-order valence-corrected chi connectivity index (χ2v) is 12.3. The van der Waals surface area contributed by atoms with Gasteiger partial charge in [-0.1, -0.05) is 80.1 Å². The molecule has 1 saturated carbocycles. The third-order valence-electron chi connectivity index (χ3n) is 9.36. The summed E-state index contributed by atoms with van der Waals surface area (Å²) in [6, 6.07) is 21.4. The van der Waals surface area contributed by atoms with E-state index in [1.807, 2.05) is 6.08 Å². The van der Waals surface area contributed by atoms with Crippen molar-refractivity contribution in [2.24, 2.45) is 29.6 Å². The largest absolute Gasteiger partial charge is 0.300 e. The van der Waals surface area contributed by atoms with Gasteiger partial charge in [0.2, 0.25) is 0 Å². The molecule has 4 nitrogen and oxygen atoms in total. The van der Waals surface area contributed by atoms with Crippen LogP contribution in [-0.4, -0.2) is 47.5 Å². The molecule has 2 saturated heterocycles. The number of allylic oxidation sites excluding steroid dienone is 1. The standard InChI is InChI=1S/C17H23NO.C17H21NO/c2*1-13-9-16(19)10-15-7-8-18(12-17(13)15)11-14-5-3-2-4-6-14/h2-6,13,15,17H,7-12H2,1H3;2-6,10,13,17H,7-9,11-12H2,1H3/t13-,15+,17+;13-,17+/m00/s1. The van der Waals surface area contributed by atoms with Crippen molar-refractivity contribution >= 4 is 11.6 Å². The van der Waals surface area contributed by atoms with E-state index < -0.39 is 0 Å². The van der Waals surface area contributed by atoms with Crippen molar-refractivity contribution < 1.29 is 9.59 Å². The van der Waals surface area contributed by atoms with Crippen LogP contribution in [-0.2, 0) is 22.7 Å². The molecule has 0 aromatic heterocycles. The minimum Gasteiger partial charge on any atom is -0.300 e. The quantitative estimate of drug-likeness (QED) is 0.491. The highest BCUT2D eigenvalue weighted by molar-refractivity contribution is 5.91. The molecule has 2 aliphatic carbocycles. The molecule has 0 radical (unpaired) electrons. The number of benzene rings is 2. The molecule has 3 fully saturated rings. The Hall–Kier alpha value is -2.56. The molecule has 2 aromatic carbocycles. The first-order valence-corrected chi connectivity index (χ1v) is 14.7. The van der Waals surface area contributed by atoms with Crippen molar-refractivity contribution in [2.75, 3.05) is 26.2 Å². The maximum atomic E-state index is 11.7. The molecule has 6 rings (SSSR count). The summed E-state index contributed by atoms with van der Waals surface area (Å²) in [5, 5.41) is 0. The number of hydrogen-bond donors (Lipinski definition) is 0. The number of carbonyl (C=O) groups excluding carboxylic acids is 2. The van der Waals surface area contributed by atoms with E-state index in [-0.39, 0.29) is 0 Å². The van der Waals surface area contributed by atoms with Crippen LogP contribution in [0.1, 0.15) is 57.1 Å². The van der Waals surface area contributed by atoms with Crippen molar-refractivity contribution in [2.45, 2.75) is 59.0 Å². The zero-order chi connectivity index (χ0) is 26.5. The van der Waals surface area contributed by atoms with E-state index in [1.165, 1.54) is 29.7 Å². The number of hydrogen-bond acceptors (Lipinski definition) is 4. The molecule has 0 spiro atoms. The summed E-state index contributed by atoms with van der Waals surface area (Å²) in [7, 11) is 0. The highest BCUT2D eigenvalue weighted by Gasteiger charge is 2.38. The SMILES string of the molecule is C[C@H]1CC(=O)C=C2CCN(Cc3ccccc3)C[C@@H]21.C[C@H]1CC(=O)C[C@H]2CCN(Cc3ccccc3)C[C@@H]21. The number of piperidine rings is 2. The minimum atomic E-state index is 0.329. The van der Waals surface area contributed by atoms with Crippen LogP contribution in [0.25, 0.3) is 0 Å². The van der Waals surface area contributed by atoms with Crippen molar-refractivity contribution in [3.8, 4) is 0 Å². The van der Waals surface area contributed by atoms with Crippen LogP contribution in [0.15, 0.2) is 72.3 Å². The van der Waals surface area contributed by atoms with Crippen molar-refractivity contribution in [1.29, 1.82) is 0 Å². The van der Waals surface area contributed by atoms with Crippen LogP contribution in [0.4, 0.5) is 0 Å². The Labute approximate surface area is 229 Å². The predicted molar refractivity (Wildman–Crippen MR) is 153 cm³/mol. The Kier molecular flexibility index (Phi) is 8.91. The molecule has 0 N–H and O–H groups in total. The molecular weight excluding hydrogens is 468 g/mol. The summed E-state index contributed by atoms with van der Waals surface area (Å²) in [4.78, 5) is 28.4. The summed E-state index contributed by atoms with van der Waals surface area (Å²) in [5.41, 5.74) is 4.18. The number of ketones is 2. The molecule has 4 heteroatoms. The average Bonchev–Trinajstić information content (AvgIpc) is 2.91. The van der Waals surface area contributed by atoms with Crippen molar-refractivity contribution in [3.63, 3.8) is 0 Å². The molecule has 2 aromatic rings. The van der Waals surface area contributed by atoms with E-state index in [0.717, 1.165) is 64.3 Å². The number of nitrogens with zero attached hydrogens (tertiary/aromatic N) is 2. The first-order chi connectivity index (χ1) is 18.4. The van der Waals surface area contributed by atoms with Gasteiger partial charge in [0, 0.05) is 52.0 Å². The highest BCUT2D eigenvalue weighted by atomic mass is 16.1. The van der Waals surface area contributed by atoms with E-state index in [4.69, 9.17) is 0 Å². The third kappa shape index (κ3) is 6.90. The monoisotopic (exact) mass is 512 g/mol. The predicted octanol–water partition coefficient (Wildman–Crippen LogP) is 6.17. The van der Waals surface area contributed by atoms with Gasteiger partial charge in [0.25, 0.3) is 0 Å². The molecule has 0 amide bonds. The molecule has 2 aliphatic heterocycles. The summed E-state index contributed by atoms with van der Waals surface area (Å²) < 4.78 is 0. The lowest BCUT2D eigenvalue weighted by atomic mass is 9.69. The van der Waals surface area contributed by atoms with Gasteiger partial charge >= 0.3 is 0 Å². The Morgan fingerprint density at radius 2 is 1.37 bits per heavy atom. The average molecular weight is 513 g/mol. The fraction of sp³-hybridized carbons (Fsp3) is 0.529. The van der Waals surface area contributed by atoms with E-state index >= 15 is 0 Å². The van der Waals surface area contributed by atoms with Gasteiger partial charge in [0.15, 0.2) is 5.78 Å². The van der Waals surface area contributed by atoms with Gasteiger partial charge in [-0.2, -0.15) is 0 Å². The smallest absolute Gasteiger partial charge is 0.155 e. The fourth-order valence-corrected chi connectivity index (χ4v) is 7.26. The maximum absolute atomic E-state index is 11.7. The van der Waals surface area contributed by atoms with Gasteiger partial charge in [0.05, 0.1) is 0 Å². The molecule has 0 unspecified atom stereocenters. The third-order valence-corrected chi connectivity index (χ3v) is 9.36.